The maximum absolute atomic E-state index is 12.0. The number of hydrogen-bond acceptors (Lipinski definition) is 4. The molecule has 0 aliphatic carbocycles. The number of carbonyl (C=O) groups is 1. The van der Waals surface area contributed by atoms with Gasteiger partial charge in [-0.15, -0.1) is 0 Å². The number of unbranched alkanes of at least 4 members (excludes halogenated alkanes) is 6. The molecular formula is C27H40N2O2. The summed E-state index contributed by atoms with van der Waals surface area (Å²) >= 11 is 0. The molecule has 0 fully saturated rings. The first-order valence-corrected chi connectivity index (χ1v) is 12.2. The van der Waals surface area contributed by atoms with Gasteiger partial charge in [-0.2, -0.15) is 0 Å². The van der Waals surface area contributed by atoms with Crippen molar-refractivity contribution in [3.05, 3.63) is 42.2 Å². The summed E-state index contributed by atoms with van der Waals surface area (Å²) in [6.45, 7) is 6.75. The molecule has 1 atom stereocenters. The van der Waals surface area contributed by atoms with Crippen molar-refractivity contribution in [2.24, 2.45) is 5.92 Å². The van der Waals surface area contributed by atoms with E-state index in [4.69, 9.17) is 4.74 Å². The molecule has 2 rings (SSSR count). The number of carbonyl (C=O) groups excluding carboxylic acids is 1. The average molecular weight is 425 g/mol. The van der Waals surface area contributed by atoms with E-state index in [-0.39, 0.29) is 5.97 Å². The van der Waals surface area contributed by atoms with Gasteiger partial charge < -0.3 is 4.74 Å². The minimum Gasteiger partial charge on any atom is -0.423 e. The van der Waals surface area contributed by atoms with Crippen LogP contribution in [0.1, 0.15) is 97.0 Å². The van der Waals surface area contributed by atoms with E-state index in [2.05, 4.69) is 55.0 Å². The van der Waals surface area contributed by atoms with E-state index in [0.29, 0.717) is 18.0 Å². The van der Waals surface area contributed by atoms with Crippen molar-refractivity contribution in [3.8, 4) is 17.1 Å². The molecule has 0 aliphatic heterocycles. The van der Waals surface area contributed by atoms with E-state index in [9.17, 15) is 4.79 Å². The van der Waals surface area contributed by atoms with Gasteiger partial charge in [0, 0.05) is 12.0 Å². The molecule has 1 unspecified atom stereocenters. The van der Waals surface area contributed by atoms with Crippen LogP contribution in [0.15, 0.2) is 36.7 Å². The fourth-order valence-corrected chi connectivity index (χ4v) is 3.60. The summed E-state index contributed by atoms with van der Waals surface area (Å²) in [7, 11) is 0. The summed E-state index contributed by atoms with van der Waals surface area (Å²) in [5.74, 6) is 1.63. The van der Waals surface area contributed by atoms with Crippen molar-refractivity contribution < 1.29 is 9.53 Å². The summed E-state index contributed by atoms with van der Waals surface area (Å²) < 4.78 is 5.38. The van der Waals surface area contributed by atoms with E-state index < -0.39 is 0 Å². The normalized spacial score (nSPS) is 12.0. The lowest BCUT2D eigenvalue weighted by molar-refractivity contribution is -0.134. The van der Waals surface area contributed by atoms with E-state index in [1.807, 2.05) is 0 Å². The molecule has 4 heteroatoms. The lowest BCUT2D eigenvalue weighted by Crippen LogP contribution is -2.08. The van der Waals surface area contributed by atoms with Crippen LogP contribution >= 0.6 is 0 Å². The fourth-order valence-electron chi connectivity index (χ4n) is 3.60. The third-order valence-electron chi connectivity index (χ3n) is 5.92. The first-order chi connectivity index (χ1) is 15.1. The molecule has 2 aromatic rings. The Bertz CT molecular complexity index is 741. The Labute approximate surface area is 188 Å². The van der Waals surface area contributed by atoms with Crippen molar-refractivity contribution in [3.63, 3.8) is 0 Å². The third kappa shape index (κ3) is 10.1. The van der Waals surface area contributed by atoms with Crippen LogP contribution < -0.4 is 4.74 Å². The Morgan fingerprint density at radius 3 is 2.26 bits per heavy atom. The predicted octanol–water partition coefficient (Wildman–Crippen LogP) is 7.56. The van der Waals surface area contributed by atoms with Gasteiger partial charge in [-0.25, -0.2) is 9.97 Å². The van der Waals surface area contributed by atoms with Crippen molar-refractivity contribution >= 4 is 5.97 Å². The lowest BCUT2D eigenvalue weighted by atomic mass is 10.0. The van der Waals surface area contributed by atoms with Gasteiger partial charge in [-0.3, -0.25) is 4.79 Å². The highest BCUT2D eigenvalue weighted by Crippen LogP contribution is 2.19. The quantitative estimate of drug-likeness (QED) is 0.219. The van der Waals surface area contributed by atoms with Crippen molar-refractivity contribution in [1.29, 1.82) is 0 Å². The van der Waals surface area contributed by atoms with Crippen LogP contribution in [0.2, 0.25) is 0 Å². The summed E-state index contributed by atoms with van der Waals surface area (Å²) in [6.07, 6.45) is 16.8. The number of rotatable bonds is 15. The van der Waals surface area contributed by atoms with Crippen LogP contribution in [0.4, 0.5) is 0 Å². The van der Waals surface area contributed by atoms with Gasteiger partial charge in [-0.05, 0) is 30.7 Å². The van der Waals surface area contributed by atoms with E-state index >= 15 is 0 Å². The van der Waals surface area contributed by atoms with Crippen LogP contribution in [0, 0.1) is 5.92 Å². The summed E-state index contributed by atoms with van der Waals surface area (Å²) in [5.41, 5.74) is 2.34. The minimum absolute atomic E-state index is 0.205. The second-order valence-corrected chi connectivity index (χ2v) is 8.69. The van der Waals surface area contributed by atoms with Crippen LogP contribution in [-0.2, 0) is 11.2 Å². The molecule has 0 saturated carbocycles. The van der Waals surface area contributed by atoms with Crippen molar-refractivity contribution in [2.45, 2.75) is 97.8 Å². The highest BCUT2D eigenvalue weighted by molar-refractivity contribution is 5.72. The van der Waals surface area contributed by atoms with Gasteiger partial charge in [0.15, 0.2) is 11.6 Å². The topological polar surface area (TPSA) is 52.1 Å². The van der Waals surface area contributed by atoms with Gasteiger partial charge in [0.1, 0.15) is 0 Å². The second kappa shape index (κ2) is 14.7. The monoisotopic (exact) mass is 424 g/mol. The van der Waals surface area contributed by atoms with Crippen molar-refractivity contribution in [2.75, 3.05) is 0 Å². The Balaban J connectivity index is 1.72. The average Bonchev–Trinajstić information content (AvgIpc) is 2.79. The Morgan fingerprint density at radius 1 is 0.903 bits per heavy atom. The third-order valence-corrected chi connectivity index (χ3v) is 5.92. The summed E-state index contributed by atoms with van der Waals surface area (Å²) in [5, 5.41) is 0. The molecule has 31 heavy (non-hydrogen) atoms. The van der Waals surface area contributed by atoms with Crippen LogP contribution in [0.5, 0.6) is 5.75 Å². The number of aromatic nitrogens is 2. The molecule has 4 nitrogen and oxygen atoms in total. The molecule has 0 saturated heterocycles. The zero-order chi connectivity index (χ0) is 22.3. The van der Waals surface area contributed by atoms with Gasteiger partial charge in [0.25, 0.3) is 0 Å². The molecular weight excluding hydrogens is 384 g/mol. The maximum Gasteiger partial charge on any atom is 0.311 e. The SMILES string of the molecule is CCCCCCCc1ccc(-c2ncc(OC(=O)CCCCCC(C)CC)cn2)cc1. The van der Waals surface area contributed by atoms with E-state index in [1.165, 1.54) is 56.9 Å². The van der Waals surface area contributed by atoms with Crippen LogP contribution in [0.25, 0.3) is 11.4 Å². The first-order valence-electron chi connectivity index (χ1n) is 12.2. The Morgan fingerprint density at radius 2 is 1.58 bits per heavy atom. The number of nitrogens with zero attached hydrogens (tertiary/aromatic N) is 2. The zero-order valence-corrected chi connectivity index (χ0v) is 19.7. The molecule has 1 heterocycles. The largest absolute Gasteiger partial charge is 0.423 e. The van der Waals surface area contributed by atoms with E-state index in [0.717, 1.165) is 30.7 Å². The lowest BCUT2D eigenvalue weighted by Gasteiger charge is -2.08. The second-order valence-electron chi connectivity index (χ2n) is 8.69. The maximum atomic E-state index is 12.0. The molecule has 170 valence electrons. The minimum atomic E-state index is -0.205. The standard InChI is InChI=1S/C27H40N2O2/c1-4-6-7-8-11-14-23-16-18-24(19-17-23)27-28-20-25(21-29-27)31-26(30)15-12-9-10-13-22(3)5-2/h16-22H,4-15H2,1-3H3. The fraction of sp³-hybridized carbons (Fsp3) is 0.593. The van der Waals surface area contributed by atoms with Crippen LogP contribution in [-0.4, -0.2) is 15.9 Å². The number of benzene rings is 1. The van der Waals surface area contributed by atoms with Crippen LogP contribution in [0.3, 0.4) is 0 Å². The molecule has 0 radical (unpaired) electrons. The zero-order valence-electron chi connectivity index (χ0n) is 19.7. The summed E-state index contributed by atoms with van der Waals surface area (Å²) in [4.78, 5) is 20.8. The van der Waals surface area contributed by atoms with Gasteiger partial charge in [0.2, 0.25) is 0 Å². The number of hydrogen-bond donors (Lipinski definition) is 0. The summed E-state index contributed by atoms with van der Waals surface area (Å²) in [6, 6.07) is 8.46. The van der Waals surface area contributed by atoms with Gasteiger partial charge in [-0.1, -0.05) is 96.4 Å². The van der Waals surface area contributed by atoms with Gasteiger partial charge in [0.05, 0.1) is 12.4 Å². The molecule has 1 aromatic carbocycles. The van der Waals surface area contributed by atoms with Crippen molar-refractivity contribution in [1.82, 2.24) is 9.97 Å². The molecule has 0 N–H and O–H groups in total. The molecule has 0 spiro atoms. The molecule has 0 aliphatic rings. The van der Waals surface area contributed by atoms with E-state index in [1.54, 1.807) is 12.4 Å². The number of ether oxygens (including phenoxy) is 1. The molecule has 1 aromatic heterocycles. The molecule has 0 amide bonds. The molecule has 0 bridgehead atoms. The smallest absolute Gasteiger partial charge is 0.311 e. The van der Waals surface area contributed by atoms with Gasteiger partial charge >= 0.3 is 5.97 Å². The first kappa shape index (κ1) is 25.0. The number of aryl methyl sites for hydroxylation is 1. The Hall–Kier alpha value is -2.23. The Kier molecular flexibility index (Phi) is 11.9. The predicted molar refractivity (Wildman–Crippen MR) is 128 cm³/mol. The highest BCUT2D eigenvalue weighted by Gasteiger charge is 2.08. The number of esters is 1. The highest BCUT2D eigenvalue weighted by atomic mass is 16.5.